The minimum atomic E-state index is -4.66. The normalized spacial score (nSPS) is 19.2. The van der Waals surface area contributed by atoms with Crippen LogP contribution < -0.4 is 10.2 Å². The van der Waals surface area contributed by atoms with Crippen LogP contribution in [-0.4, -0.2) is 72.4 Å². The first-order chi connectivity index (χ1) is 19.4. The summed E-state index contributed by atoms with van der Waals surface area (Å²) < 4.78 is 58.1. The van der Waals surface area contributed by atoms with Crippen molar-refractivity contribution in [1.82, 2.24) is 10.3 Å². The van der Waals surface area contributed by atoms with E-state index in [0.29, 0.717) is 46.7 Å². The number of aryl methyl sites for hydroxylation is 1. The number of thioether (sulfide) groups is 1. The van der Waals surface area contributed by atoms with Gasteiger partial charge in [-0.2, -0.15) is 24.9 Å². The minimum absolute atomic E-state index is 0.00980. The van der Waals surface area contributed by atoms with Crippen molar-refractivity contribution in [2.45, 2.75) is 77.9 Å². The van der Waals surface area contributed by atoms with Crippen molar-refractivity contribution in [2.75, 3.05) is 42.7 Å². The summed E-state index contributed by atoms with van der Waals surface area (Å²) in [6.45, 7) is 12.2. The number of nitrogens with zero attached hydrogens (tertiary/aromatic N) is 2. The molecule has 2 aromatic rings. The van der Waals surface area contributed by atoms with Crippen LogP contribution >= 0.6 is 11.8 Å². The number of carbonyl (C=O) groups excluding carboxylic acids is 2. The molecule has 0 unspecified atom stereocenters. The number of ether oxygens (including phenoxy) is 3. The van der Waals surface area contributed by atoms with Crippen LogP contribution in [0.4, 0.5) is 23.7 Å². The molecule has 2 aliphatic heterocycles. The van der Waals surface area contributed by atoms with E-state index in [1.54, 1.807) is 45.5 Å². The molecule has 1 aromatic carbocycles. The molecule has 1 atom stereocenters. The Morgan fingerprint density at radius 3 is 2.38 bits per heavy atom. The number of amides is 2. The van der Waals surface area contributed by atoms with Gasteiger partial charge in [-0.25, -0.2) is 9.78 Å². The number of hydrogen-bond acceptors (Lipinski definition) is 7. The number of pyridine rings is 1. The van der Waals surface area contributed by atoms with E-state index >= 15 is 0 Å². The Hall–Kier alpha value is -2.57. The molecule has 2 amide bonds. The van der Waals surface area contributed by atoms with Gasteiger partial charge in [-0.05, 0) is 68.2 Å². The van der Waals surface area contributed by atoms with Gasteiger partial charge >= 0.3 is 12.3 Å². The van der Waals surface area contributed by atoms with Crippen molar-refractivity contribution in [3.05, 3.63) is 35.0 Å². The Balaban J connectivity index is 1.70. The third kappa shape index (κ3) is 7.49. The molecule has 232 valence electrons. The molecular weight excluding hydrogens is 571 g/mol. The number of hydrogen-bond donors (Lipinski definition) is 1. The van der Waals surface area contributed by atoms with Gasteiger partial charge in [-0.3, -0.25) is 9.69 Å². The van der Waals surface area contributed by atoms with Gasteiger partial charge in [0, 0.05) is 35.7 Å². The van der Waals surface area contributed by atoms with Crippen molar-refractivity contribution in [3.8, 4) is 0 Å². The molecule has 0 aliphatic carbocycles. The van der Waals surface area contributed by atoms with Gasteiger partial charge in [-0.1, -0.05) is 20.8 Å². The van der Waals surface area contributed by atoms with Crippen LogP contribution in [0.25, 0.3) is 10.9 Å². The standard InChI is InChI=1S/C30H40F3N3O5S/c1-18-12-23(25(37)34-15-19-16-42-11-8-29(19)39-9-10-40-29)35-24-21(18)13-20(14-22(24)27(2,3)4)36(17-30(31,32)33)26(38)41-28(5,6)7/h12-14,19H,8-11,15-17H2,1-7H3,(H,34,37)/t19-/m0/s1. The summed E-state index contributed by atoms with van der Waals surface area (Å²) in [4.78, 5) is 31.6. The highest BCUT2D eigenvalue weighted by Gasteiger charge is 2.46. The molecule has 2 saturated heterocycles. The van der Waals surface area contributed by atoms with Crippen molar-refractivity contribution < 1.29 is 37.0 Å². The smallest absolute Gasteiger partial charge is 0.415 e. The first-order valence-corrected chi connectivity index (χ1v) is 15.2. The molecule has 2 fully saturated rings. The lowest BCUT2D eigenvalue weighted by molar-refractivity contribution is -0.191. The van der Waals surface area contributed by atoms with Gasteiger partial charge < -0.3 is 19.5 Å². The molecule has 1 aromatic heterocycles. The van der Waals surface area contributed by atoms with Gasteiger partial charge in [0.2, 0.25) is 0 Å². The maximum atomic E-state index is 13.6. The van der Waals surface area contributed by atoms with Crippen molar-refractivity contribution in [1.29, 1.82) is 0 Å². The van der Waals surface area contributed by atoms with Gasteiger partial charge in [0.15, 0.2) is 5.79 Å². The Bertz CT molecular complexity index is 1330. The molecule has 2 aliphatic rings. The molecule has 0 bridgehead atoms. The Morgan fingerprint density at radius 2 is 1.79 bits per heavy atom. The summed E-state index contributed by atoms with van der Waals surface area (Å²) in [5, 5.41) is 3.53. The fourth-order valence-corrected chi connectivity index (χ4v) is 6.47. The highest BCUT2D eigenvalue weighted by Crippen LogP contribution is 2.39. The zero-order valence-electron chi connectivity index (χ0n) is 25.2. The Kier molecular flexibility index (Phi) is 9.12. The fourth-order valence-electron chi connectivity index (χ4n) is 5.22. The number of rotatable bonds is 5. The molecule has 4 rings (SSSR count). The van der Waals surface area contributed by atoms with Crippen LogP contribution in [0.1, 0.15) is 69.6 Å². The first kappa shape index (κ1) is 32.3. The fraction of sp³-hybridized carbons (Fsp3) is 0.633. The SMILES string of the molecule is Cc1cc(C(=O)NC[C@H]2CSCCC23OCCO3)nc2c(C(C)(C)C)cc(N(CC(F)(F)F)C(=O)OC(C)(C)C)cc12. The van der Waals surface area contributed by atoms with Crippen molar-refractivity contribution in [2.24, 2.45) is 5.92 Å². The van der Waals surface area contributed by atoms with E-state index in [9.17, 15) is 22.8 Å². The molecule has 0 saturated carbocycles. The van der Waals surface area contributed by atoms with Crippen LogP contribution in [0.5, 0.6) is 0 Å². The quantitative estimate of drug-likeness (QED) is 0.420. The average Bonchev–Trinajstić information content (AvgIpc) is 3.32. The molecular formula is C30H40F3N3O5S. The number of halogens is 3. The third-order valence-corrected chi connectivity index (χ3v) is 8.36. The zero-order valence-corrected chi connectivity index (χ0v) is 26.1. The maximum absolute atomic E-state index is 13.6. The van der Waals surface area contributed by atoms with Gasteiger partial charge in [0.05, 0.1) is 18.7 Å². The summed E-state index contributed by atoms with van der Waals surface area (Å²) in [5.41, 5.74) is 0.389. The van der Waals surface area contributed by atoms with E-state index < -0.39 is 35.6 Å². The topological polar surface area (TPSA) is 90.0 Å². The second-order valence-electron chi connectivity index (χ2n) is 12.9. The predicted molar refractivity (Wildman–Crippen MR) is 157 cm³/mol. The van der Waals surface area contributed by atoms with Crippen LogP contribution in [0.2, 0.25) is 0 Å². The maximum Gasteiger partial charge on any atom is 0.415 e. The third-order valence-electron chi connectivity index (χ3n) is 7.23. The van der Waals surface area contributed by atoms with Crippen LogP contribution in [0, 0.1) is 12.8 Å². The number of benzene rings is 1. The van der Waals surface area contributed by atoms with Crippen LogP contribution in [-0.2, 0) is 19.6 Å². The molecule has 1 spiro atoms. The first-order valence-electron chi connectivity index (χ1n) is 14.1. The van der Waals surface area contributed by atoms with Crippen LogP contribution in [0.15, 0.2) is 18.2 Å². The highest BCUT2D eigenvalue weighted by atomic mass is 32.2. The summed E-state index contributed by atoms with van der Waals surface area (Å²) in [7, 11) is 0. The average molecular weight is 612 g/mol. The monoisotopic (exact) mass is 611 g/mol. The minimum Gasteiger partial charge on any atom is -0.443 e. The van der Waals surface area contributed by atoms with Gasteiger partial charge in [0.1, 0.15) is 17.8 Å². The lowest BCUT2D eigenvalue weighted by Crippen LogP contribution is -2.49. The van der Waals surface area contributed by atoms with Crippen LogP contribution in [0.3, 0.4) is 0 Å². The number of carbonyl (C=O) groups is 2. The molecule has 42 heavy (non-hydrogen) atoms. The zero-order chi connectivity index (χ0) is 31.1. The van der Waals surface area contributed by atoms with Gasteiger partial charge in [-0.15, -0.1) is 0 Å². The second kappa shape index (κ2) is 11.8. The molecule has 3 heterocycles. The summed E-state index contributed by atoms with van der Waals surface area (Å²) >= 11 is 1.80. The molecule has 12 heteroatoms. The lowest BCUT2D eigenvalue weighted by atomic mass is 9.84. The van der Waals surface area contributed by atoms with E-state index in [-0.39, 0.29) is 23.2 Å². The summed E-state index contributed by atoms with van der Waals surface area (Å²) in [6.07, 6.45) is -5.00. The lowest BCUT2D eigenvalue weighted by Gasteiger charge is -2.39. The van der Waals surface area contributed by atoms with E-state index in [1.807, 2.05) is 20.8 Å². The predicted octanol–water partition coefficient (Wildman–Crippen LogP) is 6.37. The Morgan fingerprint density at radius 1 is 1.12 bits per heavy atom. The Labute approximate surface area is 249 Å². The van der Waals surface area contributed by atoms with E-state index in [2.05, 4.69) is 5.32 Å². The van der Waals surface area contributed by atoms with E-state index in [4.69, 9.17) is 19.2 Å². The van der Waals surface area contributed by atoms with Crippen molar-refractivity contribution >= 4 is 40.4 Å². The number of aromatic nitrogens is 1. The number of alkyl halides is 3. The summed E-state index contributed by atoms with van der Waals surface area (Å²) in [5.74, 6) is 0.691. The second-order valence-corrected chi connectivity index (χ2v) is 14.0. The number of anilines is 1. The molecule has 8 nitrogen and oxygen atoms in total. The summed E-state index contributed by atoms with van der Waals surface area (Å²) in [6, 6.07) is 4.65. The highest BCUT2D eigenvalue weighted by molar-refractivity contribution is 7.99. The van der Waals surface area contributed by atoms with E-state index in [1.165, 1.54) is 12.1 Å². The largest absolute Gasteiger partial charge is 0.443 e. The van der Waals surface area contributed by atoms with Crippen molar-refractivity contribution in [3.63, 3.8) is 0 Å². The van der Waals surface area contributed by atoms with E-state index in [0.717, 1.165) is 17.9 Å². The number of nitrogens with one attached hydrogen (secondary N) is 1. The molecule has 0 radical (unpaired) electrons. The molecule has 1 N–H and O–H groups in total. The number of fused-ring (bicyclic) bond motifs is 1. The van der Waals surface area contributed by atoms with Gasteiger partial charge in [0.25, 0.3) is 5.91 Å².